The molecule has 67 heavy (non-hydrogen) atoms. The van der Waals surface area contributed by atoms with Gasteiger partial charge in [-0.1, -0.05) is 110 Å². The molecule has 0 aliphatic carbocycles. The number of carbonyl (C=O) groups is 6. The highest BCUT2D eigenvalue weighted by molar-refractivity contribution is 6.05. The summed E-state index contributed by atoms with van der Waals surface area (Å²) < 4.78 is 43.8. The summed E-state index contributed by atoms with van der Waals surface area (Å²) in [7, 11) is 0. The van der Waals surface area contributed by atoms with Gasteiger partial charge in [0.1, 0.15) is 5.41 Å². The smallest absolute Gasteiger partial charge is 0.329 e. The number of nitrogens with one attached hydrogen (secondary N) is 1. The van der Waals surface area contributed by atoms with E-state index in [1.54, 1.807) is 0 Å². The maximum Gasteiger partial charge on any atom is 0.329 e. The van der Waals surface area contributed by atoms with E-state index >= 15 is 0 Å². The fourth-order valence-electron chi connectivity index (χ4n) is 7.50. The first-order valence-corrected chi connectivity index (χ1v) is 25.0. The van der Waals surface area contributed by atoms with Gasteiger partial charge in [0.05, 0.1) is 106 Å². The molecule has 19 nitrogen and oxygen atoms in total. The third kappa shape index (κ3) is 32.2. The van der Waals surface area contributed by atoms with Gasteiger partial charge in [0, 0.05) is 25.8 Å². The molecule has 0 saturated carbocycles. The lowest BCUT2D eigenvalue weighted by Crippen LogP contribution is -2.47. The number of nitrogens with zero attached hydrogens (tertiary/aromatic N) is 1. The molecular formula is C48H86N2O17. The average molecular weight is 963 g/mol. The van der Waals surface area contributed by atoms with Crippen LogP contribution < -0.4 is 5.32 Å². The van der Waals surface area contributed by atoms with E-state index in [1.807, 2.05) is 0 Å². The molecule has 0 aromatic heterocycles. The minimum absolute atomic E-state index is 0.0147. The number of aliphatic carboxylic acids is 3. The highest BCUT2D eigenvalue weighted by atomic mass is 16.6. The van der Waals surface area contributed by atoms with Gasteiger partial charge in [0.25, 0.3) is 0 Å². The molecule has 0 aromatic carbocycles. The molecule has 0 bridgehead atoms. The maximum atomic E-state index is 13.5. The monoisotopic (exact) mass is 963 g/mol. The van der Waals surface area contributed by atoms with Crippen LogP contribution in [-0.4, -0.2) is 174 Å². The molecule has 2 unspecified atom stereocenters. The van der Waals surface area contributed by atoms with Gasteiger partial charge in [-0.15, -0.1) is 0 Å². The van der Waals surface area contributed by atoms with Crippen molar-refractivity contribution in [1.29, 1.82) is 0 Å². The van der Waals surface area contributed by atoms with Crippen LogP contribution in [0.2, 0.25) is 0 Å². The van der Waals surface area contributed by atoms with Gasteiger partial charge in [-0.25, -0.2) is 4.79 Å². The largest absolute Gasteiger partial charge is 0.481 e. The number of amides is 3. The van der Waals surface area contributed by atoms with Crippen LogP contribution in [0.15, 0.2) is 0 Å². The topological polar surface area (TPSA) is 252 Å². The van der Waals surface area contributed by atoms with E-state index in [-0.39, 0.29) is 52.2 Å². The quantitative estimate of drug-likeness (QED) is 0.0319. The summed E-state index contributed by atoms with van der Waals surface area (Å²) in [5.74, 6) is -4.57. The van der Waals surface area contributed by atoms with Crippen molar-refractivity contribution in [3.63, 3.8) is 0 Å². The van der Waals surface area contributed by atoms with Crippen molar-refractivity contribution in [2.75, 3.05) is 112 Å². The normalized spacial score (nSPS) is 14.1. The van der Waals surface area contributed by atoms with Gasteiger partial charge in [-0.05, 0) is 19.3 Å². The predicted octanol–water partition coefficient (Wildman–Crippen LogP) is 5.82. The molecule has 1 rings (SSSR count). The van der Waals surface area contributed by atoms with Crippen LogP contribution in [0, 0.1) is 5.41 Å². The number of carboxylic acid groups (broad SMARTS) is 3. The Kier molecular flexibility index (Phi) is 39.4. The van der Waals surface area contributed by atoms with Crippen molar-refractivity contribution in [2.24, 2.45) is 5.41 Å². The minimum atomic E-state index is -1.46. The second kappa shape index (κ2) is 42.8. The number of likely N-dealkylation sites (tertiary alicyclic amines) is 1. The fraction of sp³-hybridized carbons (Fsp3) is 0.875. The maximum absolute atomic E-state index is 13.5. The standard InChI is InChI=1S/C48H86N2O17/c1-2-3-4-5-6-8-11-14-17-22-48(47(58)59,23-18-15-12-9-7-10-13-16-19-44(53)54)46(57)49-24-25-60-26-27-61-28-29-62-30-31-63-32-33-64-34-35-65-36-37-66-38-39-67-40-41(45(55)56)50-42(51)20-21-43(50)52/h41H,2-40H2,1H3,(H,49,57)(H,53,54)(H,55,56)(H,58,59). The lowest BCUT2D eigenvalue weighted by atomic mass is 9.76. The van der Waals surface area contributed by atoms with Gasteiger partial charge in [0.15, 0.2) is 6.04 Å². The van der Waals surface area contributed by atoms with Gasteiger partial charge < -0.3 is 58.5 Å². The average Bonchev–Trinajstić information content (AvgIpc) is 3.63. The summed E-state index contributed by atoms with van der Waals surface area (Å²) in [6.07, 6.45) is 17.9. The van der Waals surface area contributed by atoms with Crippen molar-refractivity contribution < 1.29 is 82.0 Å². The lowest BCUT2D eigenvalue weighted by molar-refractivity contribution is -0.157. The molecule has 1 saturated heterocycles. The van der Waals surface area contributed by atoms with Gasteiger partial charge in [-0.3, -0.25) is 28.9 Å². The first-order chi connectivity index (χ1) is 32.6. The molecule has 1 fully saturated rings. The summed E-state index contributed by atoms with van der Waals surface area (Å²) >= 11 is 0. The summed E-state index contributed by atoms with van der Waals surface area (Å²) in [4.78, 5) is 72.7. The minimum Gasteiger partial charge on any atom is -0.481 e. The summed E-state index contributed by atoms with van der Waals surface area (Å²) in [6.45, 7) is 7.13. The second-order valence-electron chi connectivity index (χ2n) is 16.8. The number of unbranched alkanes of at least 4 members (excludes halogenated alkanes) is 15. The Hall–Kier alpha value is -3.30. The molecular weight excluding hydrogens is 877 g/mol. The van der Waals surface area contributed by atoms with Crippen molar-refractivity contribution in [3.8, 4) is 0 Å². The number of ether oxygens (including phenoxy) is 8. The van der Waals surface area contributed by atoms with Crippen LogP contribution in [-0.2, 0) is 66.7 Å². The Morgan fingerprint density at radius 3 is 1.21 bits per heavy atom. The Balaban J connectivity index is 2.08. The molecule has 2 atom stereocenters. The van der Waals surface area contributed by atoms with E-state index in [0.717, 1.165) is 62.7 Å². The molecule has 19 heteroatoms. The second-order valence-corrected chi connectivity index (χ2v) is 16.8. The molecule has 0 radical (unpaired) electrons. The van der Waals surface area contributed by atoms with Crippen LogP contribution in [0.3, 0.4) is 0 Å². The zero-order valence-electron chi connectivity index (χ0n) is 40.7. The number of hydrogen-bond donors (Lipinski definition) is 4. The molecule has 0 spiro atoms. The van der Waals surface area contributed by atoms with Gasteiger partial charge in [0.2, 0.25) is 17.7 Å². The van der Waals surface area contributed by atoms with Gasteiger partial charge >= 0.3 is 17.9 Å². The number of carbonyl (C=O) groups excluding carboxylic acids is 3. The Bertz CT molecular complexity index is 1290. The first kappa shape index (κ1) is 61.7. The number of imide groups is 1. The van der Waals surface area contributed by atoms with E-state index in [9.17, 15) is 39.0 Å². The number of carboxylic acids is 3. The Labute approximate surface area is 398 Å². The fourth-order valence-corrected chi connectivity index (χ4v) is 7.50. The van der Waals surface area contributed by atoms with E-state index in [2.05, 4.69) is 12.2 Å². The molecule has 1 aliphatic rings. The number of hydrogen-bond acceptors (Lipinski definition) is 14. The summed E-state index contributed by atoms with van der Waals surface area (Å²) in [6, 6.07) is -1.34. The third-order valence-corrected chi connectivity index (χ3v) is 11.4. The molecule has 390 valence electrons. The summed E-state index contributed by atoms with van der Waals surface area (Å²) in [5, 5.41) is 31.4. The predicted molar refractivity (Wildman–Crippen MR) is 248 cm³/mol. The van der Waals surface area contributed by atoms with Crippen LogP contribution >= 0.6 is 0 Å². The van der Waals surface area contributed by atoms with Crippen LogP contribution in [0.5, 0.6) is 0 Å². The van der Waals surface area contributed by atoms with E-state index in [1.165, 1.54) is 32.1 Å². The highest BCUT2D eigenvalue weighted by Gasteiger charge is 2.45. The summed E-state index contributed by atoms with van der Waals surface area (Å²) in [5.41, 5.74) is -1.46. The van der Waals surface area contributed by atoms with E-state index in [4.69, 9.17) is 43.0 Å². The van der Waals surface area contributed by atoms with Crippen LogP contribution in [0.25, 0.3) is 0 Å². The van der Waals surface area contributed by atoms with Crippen LogP contribution in [0.4, 0.5) is 0 Å². The highest BCUT2D eigenvalue weighted by Crippen LogP contribution is 2.33. The molecule has 3 amide bonds. The first-order valence-electron chi connectivity index (χ1n) is 25.0. The van der Waals surface area contributed by atoms with Crippen molar-refractivity contribution >= 4 is 35.6 Å². The lowest BCUT2D eigenvalue weighted by Gasteiger charge is -2.28. The molecule has 4 N–H and O–H groups in total. The molecule has 1 heterocycles. The zero-order valence-corrected chi connectivity index (χ0v) is 40.7. The SMILES string of the molecule is CCCCCCCCCCCC(CCCCCCCCCCC(=O)O)(C(=O)O)C(=O)NCCOCCOCCOCCOCCOCCOCCOCCOCC(C(=O)O)N1C(=O)CCC1=O. The Morgan fingerprint density at radius 1 is 0.507 bits per heavy atom. The molecule has 1 aliphatic heterocycles. The van der Waals surface area contributed by atoms with Crippen molar-refractivity contribution in [3.05, 3.63) is 0 Å². The van der Waals surface area contributed by atoms with E-state index in [0.29, 0.717) is 111 Å². The number of rotatable bonds is 51. The Morgan fingerprint density at radius 2 is 0.851 bits per heavy atom. The van der Waals surface area contributed by atoms with Crippen molar-refractivity contribution in [2.45, 2.75) is 154 Å². The molecule has 0 aromatic rings. The van der Waals surface area contributed by atoms with E-state index < -0.39 is 47.1 Å². The van der Waals surface area contributed by atoms with Crippen molar-refractivity contribution in [1.82, 2.24) is 10.2 Å². The zero-order chi connectivity index (χ0) is 49.1. The van der Waals surface area contributed by atoms with Gasteiger partial charge in [-0.2, -0.15) is 0 Å². The third-order valence-electron chi connectivity index (χ3n) is 11.4. The van der Waals surface area contributed by atoms with Crippen LogP contribution in [0.1, 0.15) is 148 Å².